The number of hydrogen-bond acceptors (Lipinski definition) is 5. The highest BCUT2D eigenvalue weighted by Gasteiger charge is 2.17. The van der Waals surface area contributed by atoms with E-state index in [1.54, 1.807) is 18.2 Å². The molecular weight excluding hydrogens is 344 g/mol. The van der Waals surface area contributed by atoms with Crippen LogP contribution in [0.25, 0.3) is 0 Å². The minimum atomic E-state index is -0.181. The van der Waals surface area contributed by atoms with Gasteiger partial charge in [-0.2, -0.15) is 0 Å². The van der Waals surface area contributed by atoms with E-state index in [2.05, 4.69) is 10.2 Å². The highest BCUT2D eigenvalue weighted by atomic mass is 16.5. The number of carbonyl (C=O) groups is 1. The molecule has 27 heavy (non-hydrogen) atoms. The summed E-state index contributed by atoms with van der Waals surface area (Å²) >= 11 is 0. The second-order valence-corrected chi connectivity index (χ2v) is 6.10. The molecule has 0 unspecified atom stereocenters. The lowest BCUT2D eigenvalue weighted by Crippen LogP contribution is -2.36. The summed E-state index contributed by atoms with van der Waals surface area (Å²) in [4.78, 5) is 15.0. The number of para-hydroxylation sites is 2. The zero-order valence-corrected chi connectivity index (χ0v) is 15.9. The molecule has 2 aromatic rings. The van der Waals surface area contributed by atoms with Gasteiger partial charge in [-0.05, 0) is 44.2 Å². The van der Waals surface area contributed by atoms with Crippen LogP contribution in [0.2, 0.25) is 0 Å². The number of rotatable bonds is 7. The van der Waals surface area contributed by atoms with Crippen molar-refractivity contribution >= 4 is 17.3 Å². The molecule has 3 rings (SSSR count). The smallest absolute Gasteiger partial charge is 0.255 e. The minimum absolute atomic E-state index is 0.181. The molecule has 0 atom stereocenters. The van der Waals surface area contributed by atoms with Gasteiger partial charge in [-0.3, -0.25) is 4.79 Å². The van der Waals surface area contributed by atoms with Gasteiger partial charge in [-0.15, -0.1) is 0 Å². The van der Waals surface area contributed by atoms with Gasteiger partial charge in [0.1, 0.15) is 0 Å². The van der Waals surface area contributed by atoms with Crippen LogP contribution in [-0.2, 0) is 4.74 Å². The van der Waals surface area contributed by atoms with Gasteiger partial charge in [-0.25, -0.2) is 0 Å². The number of nitrogens with zero attached hydrogens (tertiary/aromatic N) is 1. The topological polar surface area (TPSA) is 60.0 Å². The van der Waals surface area contributed by atoms with Crippen LogP contribution in [0.1, 0.15) is 24.2 Å². The molecule has 6 heteroatoms. The molecular formula is C21H26N2O4. The molecule has 1 fully saturated rings. The molecule has 6 nitrogen and oxygen atoms in total. The fourth-order valence-corrected chi connectivity index (χ4v) is 3.05. The number of morpholine rings is 1. The molecule has 0 aliphatic carbocycles. The van der Waals surface area contributed by atoms with Gasteiger partial charge in [-0.1, -0.05) is 12.1 Å². The summed E-state index contributed by atoms with van der Waals surface area (Å²) in [6.07, 6.45) is 0. The Balaban J connectivity index is 1.80. The molecule has 0 radical (unpaired) electrons. The van der Waals surface area contributed by atoms with Gasteiger partial charge in [0, 0.05) is 18.7 Å². The third kappa shape index (κ3) is 4.71. The molecule has 144 valence electrons. The summed E-state index contributed by atoms with van der Waals surface area (Å²) in [6, 6.07) is 13.1. The van der Waals surface area contributed by atoms with E-state index in [4.69, 9.17) is 14.2 Å². The standard InChI is InChI=1S/C21H26N2O4/c1-3-26-19-10-9-16(15-20(19)27-4-2)21(24)22-17-7-5-6-8-18(17)23-11-13-25-14-12-23/h5-10,15H,3-4,11-14H2,1-2H3,(H,22,24). The maximum atomic E-state index is 12.8. The third-order valence-electron chi connectivity index (χ3n) is 4.31. The van der Waals surface area contributed by atoms with Crippen molar-refractivity contribution in [2.75, 3.05) is 49.7 Å². The van der Waals surface area contributed by atoms with Crippen LogP contribution in [0.4, 0.5) is 11.4 Å². The fraction of sp³-hybridized carbons (Fsp3) is 0.381. The van der Waals surface area contributed by atoms with Crippen molar-refractivity contribution < 1.29 is 19.0 Å². The highest BCUT2D eigenvalue weighted by Crippen LogP contribution is 2.30. The van der Waals surface area contributed by atoms with E-state index in [9.17, 15) is 4.79 Å². The zero-order valence-electron chi connectivity index (χ0n) is 15.9. The molecule has 1 heterocycles. The Bertz CT molecular complexity index is 773. The Kier molecular flexibility index (Phi) is 6.54. The van der Waals surface area contributed by atoms with Gasteiger partial charge < -0.3 is 24.4 Å². The second kappa shape index (κ2) is 9.28. The summed E-state index contributed by atoms with van der Waals surface area (Å²) in [6.45, 7) is 7.87. The Labute approximate surface area is 160 Å². The average molecular weight is 370 g/mol. The highest BCUT2D eigenvalue weighted by molar-refractivity contribution is 6.06. The van der Waals surface area contributed by atoms with Gasteiger partial charge in [0.2, 0.25) is 0 Å². The molecule has 0 saturated carbocycles. The van der Waals surface area contributed by atoms with Gasteiger partial charge in [0.05, 0.1) is 37.8 Å². The normalized spacial score (nSPS) is 13.9. The van der Waals surface area contributed by atoms with Crippen molar-refractivity contribution in [2.45, 2.75) is 13.8 Å². The quantitative estimate of drug-likeness (QED) is 0.807. The molecule has 1 aliphatic rings. The van der Waals surface area contributed by atoms with Gasteiger partial charge >= 0.3 is 0 Å². The van der Waals surface area contributed by atoms with Crippen molar-refractivity contribution in [1.82, 2.24) is 0 Å². The van der Waals surface area contributed by atoms with Crippen molar-refractivity contribution in [3.8, 4) is 11.5 Å². The number of ether oxygens (including phenoxy) is 3. The molecule has 0 aromatic heterocycles. The Morgan fingerprint density at radius 1 is 1.04 bits per heavy atom. The number of nitrogens with one attached hydrogen (secondary N) is 1. The lowest BCUT2D eigenvalue weighted by molar-refractivity contribution is 0.102. The first-order chi connectivity index (χ1) is 13.2. The van der Waals surface area contributed by atoms with Crippen molar-refractivity contribution in [3.05, 3.63) is 48.0 Å². The van der Waals surface area contributed by atoms with Crippen molar-refractivity contribution in [3.63, 3.8) is 0 Å². The summed E-state index contributed by atoms with van der Waals surface area (Å²) < 4.78 is 16.6. The van der Waals surface area contributed by atoms with E-state index >= 15 is 0 Å². The lowest BCUT2D eigenvalue weighted by atomic mass is 10.1. The van der Waals surface area contributed by atoms with E-state index in [1.165, 1.54) is 0 Å². The van der Waals surface area contributed by atoms with Gasteiger partial charge in [0.15, 0.2) is 11.5 Å². The predicted octanol–water partition coefficient (Wildman–Crippen LogP) is 3.57. The maximum absolute atomic E-state index is 12.8. The minimum Gasteiger partial charge on any atom is -0.490 e. The van der Waals surface area contributed by atoms with E-state index in [0.717, 1.165) is 24.5 Å². The lowest BCUT2D eigenvalue weighted by Gasteiger charge is -2.30. The molecule has 1 amide bonds. The number of benzene rings is 2. The number of hydrogen-bond donors (Lipinski definition) is 1. The van der Waals surface area contributed by atoms with E-state index < -0.39 is 0 Å². The first kappa shape index (κ1) is 19.0. The van der Waals surface area contributed by atoms with Crippen molar-refractivity contribution in [1.29, 1.82) is 0 Å². The van der Waals surface area contributed by atoms with Crippen LogP contribution < -0.4 is 19.7 Å². The predicted molar refractivity (Wildman–Crippen MR) is 106 cm³/mol. The SMILES string of the molecule is CCOc1ccc(C(=O)Nc2ccccc2N2CCOCC2)cc1OCC. The maximum Gasteiger partial charge on any atom is 0.255 e. The summed E-state index contributed by atoms with van der Waals surface area (Å²) in [5, 5.41) is 3.03. The zero-order chi connectivity index (χ0) is 19.1. The molecule has 0 bridgehead atoms. The Morgan fingerprint density at radius 2 is 1.74 bits per heavy atom. The van der Waals surface area contributed by atoms with E-state index in [-0.39, 0.29) is 5.91 Å². The van der Waals surface area contributed by atoms with Crippen LogP contribution in [0, 0.1) is 0 Å². The fourth-order valence-electron chi connectivity index (χ4n) is 3.05. The number of carbonyl (C=O) groups excluding carboxylic acids is 1. The summed E-state index contributed by atoms with van der Waals surface area (Å²) in [7, 11) is 0. The average Bonchev–Trinajstić information content (AvgIpc) is 2.70. The molecule has 2 aromatic carbocycles. The van der Waals surface area contributed by atoms with Crippen molar-refractivity contribution in [2.24, 2.45) is 0 Å². The van der Waals surface area contributed by atoms with E-state index in [0.29, 0.717) is 43.5 Å². The summed E-state index contributed by atoms with van der Waals surface area (Å²) in [5.74, 6) is 1.04. The Hall–Kier alpha value is -2.73. The monoisotopic (exact) mass is 370 g/mol. The largest absolute Gasteiger partial charge is 0.490 e. The third-order valence-corrected chi connectivity index (χ3v) is 4.31. The first-order valence-corrected chi connectivity index (χ1v) is 9.35. The van der Waals surface area contributed by atoms with Crippen LogP contribution in [-0.4, -0.2) is 45.4 Å². The molecule has 1 saturated heterocycles. The Morgan fingerprint density at radius 3 is 2.48 bits per heavy atom. The van der Waals surface area contributed by atoms with Crippen LogP contribution >= 0.6 is 0 Å². The van der Waals surface area contributed by atoms with Crippen LogP contribution in [0.15, 0.2) is 42.5 Å². The summed E-state index contributed by atoms with van der Waals surface area (Å²) in [5.41, 5.74) is 2.32. The van der Waals surface area contributed by atoms with Crippen LogP contribution in [0.3, 0.4) is 0 Å². The van der Waals surface area contributed by atoms with Gasteiger partial charge in [0.25, 0.3) is 5.91 Å². The number of anilines is 2. The van der Waals surface area contributed by atoms with E-state index in [1.807, 2.05) is 38.1 Å². The number of amides is 1. The second-order valence-electron chi connectivity index (χ2n) is 6.10. The van der Waals surface area contributed by atoms with Crippen LogP contribution in [0.5, 0.6) is 11.5 Å². The first-order valence-electron chi connectivity index (χ1n) is 9.35. The molecule has 1 aliphatic heterocycles. The molecule has 1 N–H and O–H groups in total. The molecule has 0 spiro atoms.